The minimum absolute atomic E-state index is 0.0804. The highest BCUT2D eigenvalue weighted by atomic mass is 28.1. The van der Waals surface area contributed by atoms with Crippen molar-refractivity contribution < 1.29 is 0 Å². The average molecular weight is 374 g/mol. The number of rotatable bonds is 5. The Hall–Kier alpha value is -2.19. The van der Waals surface area contributed by atoms with Crippen LogP contribution in [0.25, 0.3) is 11.3 Å². The van der Waals surface area contributed by atoms with Crippen LogP contribution in [0.1, 0.15) is 57.2 Å². The predicted molar refractivity (Wildman–Crippen MR) is 121 cm³/mol. The van der Waals surface area contributed by atoms with Crippen molar-refractivity contribution in [1.29, 1.82) is 0 Å². The van der Waals surface area contributed by atoms with Crippen LogP contribution in [0.4, 0.5) is 0 Å². The molecule has 0 aliphatic rings. The Morgan fingerprint density at radius 3 is 2.19 bits per heavy atom. The SMILES string of the molecule is CC(C)C(C)c1cc(-c2ccccc2C(C)(C)c2ccccc2)ncc1[SiH3]. The molecule has 2 aromatic carbocycles. The number of nitrogens with zero attached hydrogens (tertiary/aromatic N) is 1. The summed E-state index contributed by atoms with van der Waals surface area (Å²) in [7, 11) is 1.04. The fourth-order valence-corrected chi connectivity index (χ4v) is 4.53. The minimum atomic E-state index is -0.0804. The third-order valence-electron chi connectivity index (χ3n) is 6.01. The number of pyridine rings is 1. The molecule has 3 aromatic rings. The quantitative estimate of drug-likeness (QED) is 0.584. The summed E-state index contributed by atoms with van der Waals surface area (Å²) >= 11 is 0. The highest BCUT2D eigenvalue weighted by Gasteiger charge is 2.26. The van der Waals surface area contributed by atoms with Crippen molar-refractivity contribution in [3.05, 3.63) is 83.6 Å². The van der Waals surface area contributed by atoms with Crippen LogP contribution in [0.2, 0.25) is 0 Å². The van der Waals surface area contributed by atoms with E-state index in [-0.39, 0.29) is 5.41 Å². The third kappa shape index (κ3) is 3.91. The van der Waals surface area contributed by atoms with Gasteiger partial charge in [-0.15, -0.1) is 0 Å². The molecule has 0 fully saturated rings. The van der Waals surface area contributed by atoms with Crippen LogP contribution in [0.15, 0.2) is 66.9 Å². The van der Waals surface area contributed by atoms with Gasteiger partial charge in [0.25, 0.3) is 0 Å². The summed E-state index contributed by atoms with van der Waals surface area (Å²) in [6, 6.07) is 21.8. The molecule has 140 valence electrons. The summed E-state index contributed by atoms with van der Waals surface area (Å²) in [6.45, 7) is 11.6. The summed E-state index contributed by atoms with van der Waals surface area (Å²) in [5.74, 6) is 1.18. The highest BCUT2D eigenvalue weighted by Crippen LogP contribution is 2.37. The molecular formula is C25H31NSi. The molecule has 0 radical (unpaired) electrons. The largest absolute Gasteiger partial charge is 0.256 e. The molecule has 1 atom stereocenters. The van der Waals surface area contributed by atoms with Gasteiger partial charge < -0.3 is 0 Å². The summed E-state index contributed by atoms with van der Waals surface area (Å²) in [4.78, 5) is 4.85. The number of hydrogen-bond donors (Lipinski definition) is 0. The van der Waals surface area contributed by atoms with Gasteiger partial charge in [-0.25, -0.2) is 0 Å². The lowest BCUT2D eigenvalue weighted by Crippen LogP contribution is -2.21. The summed E-state index contributed by atoms with van der Waals surface area (Å²) < 4.78 is 0. The highest BCUT2D eigenvalue weighted by molar-refractivity contribution is 6.33. The molecule has 2 heteroatoms. The van der Waals surface area contributed by atoms with E-state index in [0.717, 1.165) is 15.9 Å². The van der Waals surface area contributed by atoms with Crippen molar-refractivity contribution in [3.8, 4) is 11.3 Å². The molecule has 1 heterocycles. The molecule has 3 rings (SSSR count). The predicted octanol–water partition coefficient (Wildman–Crippen LogP) is 4.82. The van der Waals surface area contributed by atoms with Crippen LogP contribution < -0.4 is 5.19 Å². The van der Waals surface area contributed by atoms with Gasteiger partial charge in [0.05, 0.1) is 5.69 Å². The molecule has 0 spiro atoms. The Morgan fingerprint density at radius 1 is 0.889 bits per heavy atom. The first-order valence-electron chi connectivity index (χ1n) is 9.94. The van der Waals surface area contributed by atoms with Crippen molar-refractivity contribution in [3.63, 3.8) is 0 Å². The van der Waals surface area contributed by atoms with Gasteiger partial charge in [0.1, 0.15) is 0 Å². The molecule has 0 saturated heterocycles. The van der Waals surface area contributed by atoms with E-state index in [4.69, 9.17) is 4.98 Å². The van der Waals surface area contributed by atoms with E-state index in [0.29, 0.717) is 11.8 Å². The zero-order chi connectivity index (χ0) is 19.6. The molecule has 27 heavy (non-hydrogen) atoms. The van der Waals surface area contributed by atoms with Crippen LogP contribution in [-0.2, 0) is 5.41 Å². The van der Waals surface area contributed by atoms with Crippen molar-refractivity contribution >= 4 is 15.4 Å². The first kappa shape index (κ1) is 19.6. The van der Waals surface area contributed by atoms with Gasteiger partial charge in [-0.3, -0.25) is 4.98 Å². The first-order valence-corrected chi connectivity index (χ1v) is 10.9. The molecule has 1 aromatic heterocycles. The summed E-state index contributed by atoms with van der Waals surface area (Å²) in [5.41, 5.74) is 6.37. The summed E-state index contributed by atoms with van der Waals surface area (Å²) in [5, 5.41) is 1.42. The molecule has 0 N–H and O–H groups in total. The molecule has 0 aliphatic carbocycles. The van der Waals surface area contributed by atoms with Crippen LogP contribution in [0.3, 0.4) is 0 Å². The van der Waals surface area contributed by atoms with E-state index in [1.165, 1.54) is 27.4 Å². The zero-order valence-electron chi connectivity index (χ0n) is 17.5. The number of aromatic nitrogens is 1. The Bertz CT molecular complexity index is 913. The molecule has 1 nitrogen and oxygen atoms in total. The maximum absolute atomic E-state index is 4.85. The van der Waals surface area contributed by atoms with E-state index in [1.807, 2.05) is 0 Å². The van der Waals surface area contributed by atoms with Gasteiger partial charge in [0.2, 0.25) is 0 Å². The van der Waals surface area contributed by atoms with Crippen LogP contribution >= 0.6 is 0 Å². The molecule has 0 bridgehead atoms. The monoisotopic (exact) mass is 373 g/mol. The topological polar surface area (TPSA) is 12.9 Å². The second-order valence-electron chi connectivity index (χ2n) is 8.50. The second kappa shape index (κ2) is 7.81. The second-order valence-corrected chi connectivity index (χ2v) is 9.57. The van der Waals surface area contributed by atoms with Crippen LogP contribution in [0.5, 0.6) is 0 Å². The van der Waals surface area contributed by atoms with Crippen LogP contribution in [-0.4, -0.2) is 15.2 Å². The standard InChI is InChI=1S/C25H31NSi/c1-17(2)18(3)21-15-23(26-16-24(21)27)20-13-9-10-14-22(20)25(4,5)19-11-7-6-8-12-19/h6-18H,1-5,27H3. The molecule has 0 amide bonds. The Morgan fingerprint density at radius 2 is 1.52 bits per heavy atom. The Balaban J connectivity index is 2.14. The molecule has 0 aliphatic heterocycles. The lowest BCUT2D eigenvalue weighted by Gasteiger charge is -2.29. The fraction of sp³-hybridized carbons (Fsp3) is 0.320. The summed E-state index contributed by atoms with van der Waals surface area (Å²) in [6.07, 6.45) is 2.10. The van der Waals surface area contributed by atoms with Crippen LogP contribution in [0, 0.1) is 5.92 Å². The average Bonchev–Trinajstić information content (AvgIpc) is 2.68. The van der Waals surface area contributed by atoms with Gasteiger partial charge in [-0.05, 0) is 39.8 Å². The third-order valence-corrected chi connectivity index (χ3v) is 6.84. The fourth-order valence-electron chi connectivity index (χ4n) is 3.80. The lowest BCUT2D eigenvalue weighted by molar-refractivity contribution is 0.537. The van der Waals surface area contributed by atoms with E-state index >= 15 is 0 Å². The maximum Gasteiger partial charge on any atom is 0.0707 e. The minimum Gasteiger partial charge on any atom is -0.256 e. The van der Waals surface area contributed by atoms with E-state index < -0.39 is 0 Å². The maximum atomic E-state index is 4.85. The van der Waals surface area contributed by atoms with Gasteiger partial charge in [-0.2, -0.15) is 0 Å². The van der Waals surface area contributed by atoms with Gasteiger partial charge >= 0.3 is 0 Å². The van der Waals surface area contributed by atoms with Crippen molar-refractivity contribution in [2.75, 3.05) is 0 Å². The van der Waals surface area contributed by atoms with Gasteiger partial charge in [0.15, 0.2) is 0 Å². The first-order chi connectivity index (χ1) is 12.8. The van der Waals surface area contributed by atoms with Crippen molar-refractivity contribution in [2.24, 2.45) is 5.92 Å². The Labute approximate surface area is 167 Å². The van der Waals surface area contributed by atoms with E-state index in [2.05, 4.69) is 101 Å². The molecule has 0 saturated carbocycles. The van der Waals surface area contributed by atoms with Crippen molar-refractivity contribution in [1.82, 2.24) is 4.98 Å². The number of benzene rings is 2. The normalized spacial score (nSPS) is 13.1. The van der Waals surface area contributed by atoms with E-state index in [1.54, 1.807) is 0 Å². The van der Waals surface area contributed by atoms with Crippen molar-refractivity contribution in [2.45, 2.75) is 46.0 Å². The van der Waals surface area contributed by atoms with Gasteiger partial charge in [0, 0.05) is 27.4 Å². The Kier molecular flexibility index (Phi) is 5.66. The molecule has 1 unspecified atom stereocenters. The van der Waals surface area contributed by atoms with Gasteiger partial charge in [-0.1, -0.05) is 89.2 Å². The zero-order valence-corrected chi connectivity index (χ0v) is 19.5. The van der Waals surface area contributed by atoms with E-state index in [9.17, 15) is 0 Å². The lowest BCUT2D eigenvalue weighted by atomic mass is 9.75. The number of hydrogen-bond acceptors (Lipinski definition) is 1. The molecular weight excluding hydrogens is 342 g/mol. The smallest absolute Gasteiger partial charge is 0.0707 e.